The highest BCUT2D eigenvalue weighted by Gasteiger charge is 2.29. The van der Waals surface area contributed by atoms with Gasteiger partial charge in [0.05, 0.1) is 0 Å². The lowest BCUT2D eigenvalue weighted by atomic mass is 9.74. The summed E-state index contributed by atoms with van der Waals surface area (Å²) in [6.07, 6.45) is 9.12. The van der Waals surface area contributed by atoms with Gasteiger partial charge < -0.3 is 4.90 Å². The number of nitrogens with zero attached hydrogens (tertiary/aromatic N) is 1. The minimum Gasteiger partial charge on any atom is -0.314 e. The molecule has 0 fully saturated rings. The summed E-state index contributed by atoms with van der Waals surface area (Å²) in [6.45, 7) is 22.8. The predicted molar refractivity (Wildman–Crippen MR) is 207 cm³/mol. The van der Waals surface area contributed by atoms with Gasteiger partial charge in [-0.05, 0) is 89.6 Å². The molecule has 0 saturated heterocycles. The topological polar surface area (TPSA) is 3.24 Å². The largest absolute Gasteiger partial charge is 0.314 e. The first-order valence-corrected chi connectivity index (χ1v) is 17.9. The molecule has 0 saturated carbocycles. The highest BCUT2D eigenvalue weighted by molar-refractivity contribution is 5.70. The highest BCUT2D eigenvalue weighted by atomic mass is 15.1. The van der Waals surface area contributed by atoms with Gasteiger partial charge in [0, 0.05) is 27.9 Å². The number of hydrogen-bond donors (Lipinski definition) is 0. The van der Waals surface area contributed by atoms with Crippen LogP contribution in [-0.4, -0.2) is 0 Å². The van der Waals surface area contributed by atoms with Crippen molar-refractivity contribution in [3.8, 4) is 0 Å². The monoisotopic (exact) mass is 625 g/mol. The minimum absolute atomic E-state index is 0.00320. The zero-order chi connectivity index (χ0) is 34.2. The average molecular weight is 626 g/mol. The van der Waals surface area contributed by atoms with Crippen molar-refractivity contribution in [2.45, 2.75) is 106 Å². The van der Waals surface area contributed by atoms with Crippen LogP contribution in [0.2, 0.25) is 0 Å². The maximum Gasteiger partial charge on any atom is 0.0458 e. The molecule has 0 aromatic heterocycles. The fraction of sp³-hybridized carbons (Fsp3) is 0.391. The Hall–Kier alpha value is -3.84. The van der Waals surface area contributed by atoms with Gasteiger partial charge in [0.25, 0.3) is 0 Å². The van der Waals surface area contributed by atoms with Gasteiger partial charge in [-0.15, -0.1) is 0 Å². The van der Waals surface area contributed by atoms with Crippen LogP contribution >= 0.6 is 0 Å². The van der Waals surface area contributed by atoms with Gasteiger partial charge in [0.2, 0.25) is 0 Å². The van der Waals surface area contributed by atoms with E-state index in [4.69, 9.17) is 0 Å². The van der Waals surface area contributed by atoms with E-state index in [0.717, 1.165) is 19.3 Å². The molecule has 0 unspecified atom stereocenters. The van der Waals surface area contributed by atoms with Gasteiger partial charge in [-0.1, -0.05) is 166 Å². The zero-order valence-corrected chi connectivity index (χ0v) is 30.9. The van der Waals surface area contributed by atoms with Gasteiger partial charge in [0.1, 0.15) is 0 Å². The molecule has 1 nitrogen and oxygen atoms in total. The number of hydrogen-bond acceptors (Lipinski definition) is 1. The Bertz CT molecular complexity index is 1600. The van der Waals surface area contributed by atoms with Gasteiger partial charge in [-0.25, -0.2) is 0 Å². The van der Waals surface area contributed by atoms with Crippen LogP contribution in [0.15, 0.2) is 133 Å². The second-order valence-corrected chi connectivity index (χ2v) is 15.3. The molecule has 0 radical (unpaired) electrons. The van der Waals surface area contributed by atoms with Crippen molar-refractivity contribution in [2.24, 2.45) is 11.3 Å². The van der Waals surface area contributed by atoms with E-state index in [-0.39, 0.29) is 16.2 Å². The van der Waals surface area contributed by atoms with Crippen molar-refractivity contribution in [3.63, 3.8) is 0 Å². The van der Waals surface area contributed by atoms with E-state index in [9.17, 15) is 0 Å². The molecule has 4 aromatic rings. The van der Waals surface area contributed by atoms with Crippen LogP contribution in [0.4, 0.5) is 11.4 Å². The van der Waals surface area contributed by atoms with E-state index in [2.05, 4.69) is 182 Å². The Morgan fingerprint density at radius 3 is 1.49 bits per heavy atom. The number of allylic oxidation sites excluding steroid dienone is 4. The summed E-state index contributed by atoms with van der Waals surface area (Å²) >= 11 is 0. The molecule has 4 aromatic carbocycles. The number of benzene rings is 4. The van der Waals surface area contributed by atoms with Crippen LogP contribution < -0.4 is 4.90 Å². The predicted octanol–water partition coefficient (Wildman–Crippen LogP) is 13.4. The van der Waals surface area contributed by atoms with Gasteiger partial charge >= 0.3 is 0 Å². The first kappa shape index (κ1) is 36.0. The summed E-state index contributed by atoms with van der Waals surface area (Å²) in [7, 11) is 0. The Morgan fingerprint density at radius 2 is 1.02 bits per heavy atom. The molecule has 0 amide bonds. The quantitative estimate of drug-likeness (QED) is 0.160. The van der Waals surface area contributed by atoms with Crippen LogP contribution in [0.25, 0.3) is 0 Å². The lowest BCUT2D eigenvalue weighted by Gasteiger charge is -2.35. The molecular formula is C46H59N. The third kappa shape index (κ3) is 8.75. The molecule has 0 atom stereocenters. The summed E-state index contributed by atoms with van der Waals surface area (Å²) in [5.74, 6) is 0.702. The molecule has 47 heavy (non-hydrogen) atoms. The summed E-state index contributed by atoms with van der Waals surface area (Å²) in [4.78, 5) is 2.48. The fourth-order valence-electron chi connectivity index (χ4n) is 7.40. The third-order valence-corrected chi connectivity index (χ3v) is 9.89. The molecule has 0 N–H and O–H groups in total. The van der Waals surface area contributed by atoms with Crippen molar-refractivity contribution in [3.05, 3.63) is 155 Å². The zero-order valence-electron chi connectivity index (χ0n) is 30.9. The lowest BCUT2D eigenvalue weighted by molar-refractivity contribution is 0.285. The molecule has 0 heterocycles. The van der Waals surface area contributed by atoms with Crippen LogP contribution in [0.5, 0.6) is 0 Å². The maximum absolute atomic E-state index is 2.48. The molecule has 5 rings (SSSR count). The molecule has 248 valence electrons. The standard InChI is InChI=1S/C44H53N.C2H6/c1-33(2)31-42(3,4)32-34-19-25-39(26-20-34)45(40-27-21-37(22-28-40)43(5,6)35-15-11-9-12-16-35)41-29-23-38(24-30-41)44(7,8)36-17-13-10-14-18-36;1-2/h9-23,25-29,33H,24,30-32H2,1-8H3;1-2H3. The van der Waals surface area contributed by atoms with Crippen molar-refractivity contribution in [1.82, 2.24) is 0 Å². The number of anilines is 2. The van der Waals surface area contributed by atoms with Crippen molar-refractivity contribution < 1.29 is 0 Å². The smallest absolute Gasteiger partial charge is 0.0458 e. The summed E-state index contributed by atoms with van der Waals surface area (Å²) in [5, 5.41) is 0. The second kappa shape index (κ2) is 15.4. The first-order valence-electron chi connectivity index (χ1n) is 17.9. The van der Waals surface area contributed by atoms with E-state index in [0.29, 0.717) is 5.92 Å². The molecule has 0 bridgehead atoms. The van der Waals surface area contributed by atoms with E-state index in [1.807, 2.05) is 13.8 Å². The molecule has 0 spiro atoms. The Kier molecular flexibility index (Phi) is 11.8. The van der Waals surface area contributed by atoms with Crippen LogP contribution in [0.3, 0.4) is 0 Å². The Morgan fingerprint density at radius 1 is 0.553 bits per heavy atom. The van der Waals surface area contributed by atoms with Crippen LogP contribution in [0, 0.1) is 11.3 Å². The van der Waals surface area contributed by atoms with E-state index in [1.54, 1.807) is 0 Å². The summed E-state index contributed by atoms with van der Waals surface area (Å²) in [6, 6.07) is 40.4. The average Bonchev–Trinajstić information content (AvgIpc) is 3.07. The van der Waals surface area contributed by atoms with Crippen LogP contribution in [0.1, 0.15) is 111 Å². The third-order valence-electron chi connectivity index (χ3n) is 9.89. The van der Waals surface area contributed by atoms with Gasteiger partial charge in [-0.3, -0.25) is 0 Å². The molecule has 1 aliphatic rings. The minimum atomic E-state index is -0.0696. The SMILES string of the molecule is CC.CC(C)CC(C)(C)Cc1ccc(N(C2=CC=C(C(C)(C)c3ccccc3)CC2)c2ccc(C(C)(C)c3ccccc3)cc2)cc1. The van der Waals surface area contributed by atoms with Crippen molar-refractivity contribution in [2.75, 3.05) is 4.90 Å². The van der Waals surface area contributed by atoms with Crippen molar-refractivity contribution in [1.29, 1.82) is 0 Å². The fourth-order valence-corrected chi connectivity index (χ4v) is 7.40. The molecule has 0 aliphatic heterocycles. The van der Waals surface area contributed by atoms with Gasteiger partial charge in [-0.2, -0.15) is 0 Å². The maximum atomic E-state index is 2.48. The summed E-state index contributed by atoms with van der Waals surface area (Å²) < 4.78 is 0. The first-order chi connectivity index (χ1) is 22.4. The van der Waals surface area contributed by atoms with Gasteiger partial charge in [0.15, 0.2) is 0 Å². The molecule has 1 aliphatic carbocycles. The Balaban J connectivity index is 0.00000245. The van der Waals surface area contributed by atoms with E-state index < -0.39 is 0 Å². The summed E-state index contributed by atoms with van der Waals surface area (Å²) in [5.41, 5.74) is 10.9. The normalized spacial score (nSPS) is 13.8. The molecular weight excluding hydrogens is 567 g/mol. The molecule has 1 heteroatoms. The Labute approximate surface area is 287 Å². The van der Waals surface area contributed by atoms with Crippen LogP contribution in [-0.2, 0) is 17.3 Å². The van der Waals surface area contributed by atoms with Crippen molar-refractivity contribution >= 4 is 11.4 Å². The number of rotatable bonds is 11. The highest BCUT2D eigenvalue weighted by Crippen LogP contribution is 2.41. The lowest BCUT2D eigenvalue weighted by Crippen LogP contribution is -2.24. The van der Waals surface area contributed by atoms with E-state index in [1.165, 1.54) is 51.3 Å². The van der Waals surface area contributed by atoms with E-state index >= 15 is 0 Å². The second-order valence-electron chi connectivity index (χ2n) is 15.3.